The molecule has 0 saturated carbocycles. The maximum Gasteiger partial charge on any atom is 0.272 e. The van der Waals surface area contributed by atoms with Gasteiger partial charge < -0.3 is 5.32 Å². The highest BCUT2D eigenvalue weighted by atomic mass is 35.5. The third-order valence-electron chi connectivity index (χ3n) is 2.84. The fourth-order valence-corrected chi connectivity index (χ4v) is 2.08. The minimum atomic E-state index is -0.527. The summed E-state index contributed by atoms with van der Waals surface area (Å²) in [6, 6.07) is 9.24. The monoisotopic (exact) mass is 289 g/mol. The van der Waals surface area contributed by atoms with Crippen molar-refractivity contribution in [1.82, 2.24) is 9.38 Å². The maximum absolute atomic E-state index is 13.1. The van der Waals surface area contributed by atoms with E-state index in [4.69, 9.17) is 11.6 Å². The van der Waals surface area contributed by atoms with Crippen molar-refractivity contribution in [1.29, 1.82) is 0 Å². The molecule has 1 amide bonds. The van der Waals surface area contributed by atoms with Crippen LogP contribution in [0.15, 0.2) is 48.8 Å². The second-order valence-corrected chi connectivity index (χ2v) is 4.56. The number of aromatic nitrogens is 2. The molecule has 0 aliphatic rings. The van der Waals surface area contributed by atoms with E-state index in [-0.39, 0.29) is 10.9 Å². The van der Waals surface area contributed by atoms with Gasteiger partial charge in [-0.15, -0.1) is 0 Å². The van der Waals surface area contributed by atoms with Crippen molar-refractivity contribution in [2.45, 2.75) is 0 Å². The highest BCUT2D eigenvalue weighted by molar-refractivity contribution is 6.31. The van der Waals surface area contributed by atoms with E-state index in [1.54, 1.807) is 35.0 Å². The summed E-state index contributed by atoms with van der Waals surface area (Å²) >= 11 is 5.68. The van der Waals surface area contributed by atoms with Gasteiger partial charge in [-0.25, -0.2) is 9.37 Å². The third kappa shape index (κ3) is 2.23. The first-order chi connectivity index (χ1) is 9.65. The van der Waals surface area contributed by atoms with Crippen molar-refractivity contribution in [2.24, 2.45) is 0 Å². The largest absolute Gasteiger partial charge is 0.321 e. The van der Waals surface area contributed by atoms with E-state index in [1.165, 1.54) is 18.2 Å². The molecule has 0 unspecified atom stereocenters. The van der Waals surface area contributed by atoms with Gasteiger partial charge in [-0.2, -0.15) is 0 Å². The lowest BCUT2D eigenvalue weighted by molar-refractivity contribution is 0.102. The second kappa shape index (κ2) is 4.94. The van der Waals surface area contributed by atoms with Crippen molar-refractivity contribution in [3.63, 3.8) is 0 Å². The molecule has 4 nitrogen and oxygen atoms in total. The summed E-state index contributed by atoms with van der Waals surface area (Å²) in [7, 11) is 0. The van der Waals surface area contributed by atoms with E-state index in [2.05, 4.69) is 10.3 Å². The number of fused-ring (bicyclic) bond motifs is 1. The van der Waals surface area contributed by atoms with Crippen molar-refractivity contribution in [3.05, 3.63) is 65.3 Å². The van der Waals surface area contributed by atoms with Gasteiger partial charge in [0.15, 0.2) is 0 Å². The number of halogens is 2. The molecule has 0 bridgehead atoms. The lowest BCUT2D eigenvalue weighted by Crippen LogP contribution is -2.15. The molecule has 6 heteroatoms. The van der Waals surface area contributed by atoms with Crippen LogP contribution in [0.2, 0.25) is 5.02 Å². The molecule has 3 rings (SSSR count). The molecule has 1 aromatic carbocycles. The zero-order valence-electron chi connectivity index (χ0n) is 10.2. The van der Waals surface area contributed by atoms with Crippen LogP contribution in [0.4, 0.5) is 10.1 Å². The van der Waals surface area contributed by atoms with Crippen LogP contribution in [0.3, 0.4) is 0 Å². The molecular weight excluding hydrogens is 281 g/mol. The van der Waals surface area contributed by atoms with Crippen LogP contribution in [0, 0.1) is 5.82 Å². The van der Waals surface area contributed by atoms with E-state index < -0.39 is 5.82 Å². The highest BCUT2D eigenvalue weighted by Crippen LogP contribution is 2.20. The molecule has 0 spiro atoms. The summed E-state index contributed by atoms with van der Waals surface area (Å²) in [4.78, 5) is 16.3. The molecule has 20 heavy (non-hydrogen) atoms. The van der Waals surface area contributed by atoms with E-state index in [0.29, 0.717) is 17.0 Å². The Kier molecular flexibility index (Phi) is 3.12. The quantitative estimate of drug-likeness (QED) is 0.786. The number of nitrogens with zero attached hydrogens (tertiary/aromatic N) is 2. The molecular formula is C14H9ClFN3O. The Labute approximate surface area is 118 Å². The number of carbonyl (C=O) groups is 1. The van der Waals surface area contributed by atoms with Gasteiger partial charge in [0.1, 0.15) is 17.2 Å². The van der Waals surface area contributed by atoms with Gasteiger partial charge >= 0.3 is 0 Å². The number of hydrogen-bond donors (Lipinski definition) is 1. The minimum Gasteiger partial charge on any atom is -0.321 e. The van der Waals surface area contributed by atoms with E-state index in [0.717, 1.165) is 0 Å². The van der Waals surface area contributed by atoms with Gasteiger partial charge in [-0.1, -0.05) is 17.7 Å². The maximum atomic E-state index is 13.1. The molecule has 2 heterocycles. The standard InChI is InChI=1S/C14H9ClFN3O/c15-10-8-9(4-5-11(10)16)18-14(20)12-2-1-3-13-17-6-7-19(12)13/h1-8H,(H,18,20). The lowest BCUT2D eigenvalue weighted by Gasteiger charge is -2.07. The van der Waals surface area contributed by atoms with Gasteiger partial charge in [0, 0.05) is 18.1 Å². The fraction of sp³-hybridized carbons (Fsp3) is 0. The number of carbonyl (C=O) groups excluding carboxylic acids is 1. The van der Waals surface area contributed by atoms with Crippen molar-refractivity contribution in [3.8, 4) is 0 Å². The third-order valence-corrected chi connectivity index (χ3v) is 3.13. The minimum absolute atomic E-state index is 0.0383. The predicted octanol–water partition coefficient (Wildman–Crippen LogP) is 3.38. The zero-order chi connectivity index (χ0) is 14.1. The number of hydrogen-bond acceptors (Lipinski definition) is 2. The number of rotatable bonds is 2. The molecule has 0 saturated heterocycles. The molecule has 0 aliphatic heterocycles. The molecule has 100 valence electrons. The van der Waals surface area contributed by atoms with Gasteiger partial charge in [-0.3, -0.25) is 9.20 Å². The first kappa shape index (κ1) is 12.6. The topological polar surface area (TPSA) is 46.4 Å². The van der Waals surface area contributed by atoms with Crippen LogP contribution in [0.25, 0.3) is 5.65 Å². The smallest absolute Gasteiger partial charge is 0.272 e. The van der Waals surface area contributed by atoms with Crippen molar-refractivity contribution in [2.75, 3.05) is 5.32 Å². The Balaban J connectivity index is 1.93. The highest BCUT2D eigenvalue weighted by Gasteiger charge is 2.11. The normalized spacial score (nSPS) is 10.7. The Morgan fingerprint density at radius 3 is 2.95 bits per heavy atom. The average molecular weight is 290 g/mol. The summed E-state index contributed by atoms with van der Waals surface area (Å²) in [5.41, 5.74) is 1.54. The SMILES string of the molecule is O=C(Nc1ccc(F)c(Cl)c1)c1cccc2nccn12. The van der Waals surface area contributed by atoms with Crippen LogP contribution in [0.1, 0.15) is 10.5 Å². The van der Waals surface area contributed by atoms with Crippen LogP contribution in [-0.2, 0) is 0 Å². The molecule has 0 fully saturated rings. The van der Waals surface area contributed by atoms with Crippen LogP contribution in [0.5, 0.6) is 0 Å². The zero-order valence-corrected chi connectivity index (χ0v) is 10.9. The summed E-state index contributed by atoms with van der Waals surface area (Å²) in [5, 5.41) is 2.63. The Bertz CT molecular complexity index is 800. The summed E-state index contributed by atoms with van der Waals surface area (Å²) in [6.07, 6.45) is 3.31. The van der Waals surface area contributed by atoms with Gasteiger partial charge in [0.25, 0.3) is 5.91 Å². The number of imidazole rings is 1. The summed E-state index contributed by atoms with van der Waals surface area (Å²) in [6.45, 7) is 0. The van der Waals surface area contributed by atoms with E-state index >= 15 is 0 Å². The first-order valence-corrected chi connectivity index (χ1v) is 6.21. The van der Waals surface area contributed by atoms with Crippen LogP contribution < -0.4 is 5.32 Å². The molecule has 2 aromatic heterocycles. The second-order valence-electron chi connectivity index (χ2n) is 4.15. The summed E-state index contributed by atoms with van der Waals surface area (Å²) < 4.78 is 14.7. The number of nitrogens with one attached hydrogen (secondary N) is 1. The van der Waals surface area contributed by atoms with Gasteiger partial charge in [0.2, 0.25) is 0 Å². The summed E-state index contributed by atoms with van der Waals surface area (Å²) in [5.74, 6) is -0.849. The van der Waals surface area contributed by atoms with E-state index in [9.17, 15) is 9.18 Å². The van der Waals surface area contributed by atoms with E-state index in [1.807, 2.05) is 0 Å². The molecule has 0 aliphatic carbocycles. The number of anilines is 1. The van der Waals surface area contributed by atoms with Gasteiger partial charge in [0.05, 0.1) is 5.02 Å². The number of benzene rings is 1. The van der Waals surface area contributed by atoms with Crippen LogP contribution >= 0.6 is 11.6 Å². The fourth-order valence-electron chi connectivity index (χ4n) is 1.90. The number of amides is 1. The predicted molar refractivity (Wildman–Crippen MR) is 74.6 cm³/mol. The molecule has 3 aromatic rings. The lowest BCUT2D eigenvalue weighted by atomic mass is 10.2. The Morgan fingerprint density at radius 2 is 2.15 bits per heavy atom. The molecule has 0 radical (unpaired) electrons. The Hall–Kier alpha value is -2.40. The van der Waals surface area contributed by atoms with Gasteiger partial charge in [-0.05, 0) is 30.3 Å². The first-order valence-electron chi connectivity index (χ1n) is 5.83. The molecule has 1 N–H and O–H groups in total. The molecule has 0 atom stereocenters. The van der Waals surface area contributed by atoms with Crippen molar-refractivity contribution < 1.29 is 9.18 Å². The Morgan fingerprint density at radius 1 is 1.30 bits per heavy atom. The van der Waals surface area contributed by atoms with Crippen molar-refractivity contribution >= 4 is 28.8 Å². The number of pyridine rings is 1. The van der Waals surface area contributed by atoms with Crippen LogP contribution in [-0.4, -0.2) is 15.3 Å². The average Bonchev–Trinajstić information content (AvgIpc) is 2.91.